The third kappa shape index (κ3) is 4.15. The fourth-order valence-electron chi connectivity index (χ4n) is 3.24. The summed E-state index contributed by atoms with van der Waals surface area (Å²) in [6.07, 6.45) is 3.47. The number of methoxy groups -OCH3 is 1. The Hall–Kier alpha value is -2.97. The maximum absolute atomic E-state index is 12.1. The third-order valence-corrected chi connectivity index (χ3v) is 5.99. The minimum absolute atomic E-state index is 0.348. The maximum atomic E-state index is 12.1. The van der Waals surface area contributed by atoms with Crippen molar-refractivity contribution in [3.63, 3.8) is 0 Å². The molecule has 0 aliphatic rings. The van der Waals surface area contributed by atoms with Gasteiger partial charge in [-0.3, -0.25) is 9.55 Å². The SMILES string of the molecule is COCCn1c(SCc2cc(=O)oc3cc(C)c(C)cc23)nnc1-c1ccncc1. The fourth-order valence-corrected chi connectivity index (χ4v) is 4.19. The first kappa shape index (κ1) is 20.3. The first-order chi connectivity index (χ1) is 14.6. The van der Waals surface area contributed by atoms with Gasteiger partial charge in [-0.2, -0.15) is 0 Å². The number of thioether (sulfide) groups is 1. The highest BCUT2D eigenvalue weighted by molar-refractivity contribution is 7.98. The van der Waals surface area contributed by atoms with Gasteiger partial charge in [0.25, 0.3) is 0 Å². The molecular weight excluding hydrogens is 400 g/mol. The lowest BCUT2D eigenvalue weighted by molar-refractivity contribution is 0.185. The molecule has 8 heteroatoms. The topological polar surface area (TPSA) is 83.0 Å². The summed E-state index contributed by atoms with van der Waals surface area (Å²) >= 11 is 1.54. The van der Waals surface area contributed by atoms with Crippen molar-refractivity contribution in [3.05, 3.63) is 69.8 Å². The summed E-state index contributed by atoms with van der Waals surface area (Å²) in [5.41, 5.74) is 4.38. The second-order valence-electron chi connectivity index (χ2n) is 7.00. The number of benzene rings is 1. The molecule has 4 rings (SSSR count). The average Bonchev–Trinajstić information content (AvgIpc) is 3.15. The van der Waals surface area contributed by atoms with E-state index in [1.54, 1.807) is 25.6 Å². The summed E-state index contributed by atoms with van der Waals surface area (Å²) in [5, 5.41) is 10.5. The van der Waals surface area contributed by atoms with E-state index < -0.39 is 0 Å². The Labute approximate surface area is 178 Å². The van der Waals surface area contributed by atoms with Gasteiger partial charge in [0.05, 0.1) is 13.2 Å². The number of hydrogen-bond donors (Lipinski definition) is 0. The average molecular weight is 423 g/mol. The second kappa shape index (κ2) is 8.81. The molecule has 0 saturated carbocycles. The zero-order chi connectivity index (χ0) is 21.1. The summed E-state index contributed by atoms with van der Waals surface area (Å²) in [7, 11) is 1.67. The van der Waals surface area contributed by atoms with E-state index >= 15 is 0 Å². The van der Waals surface area contributed by atoms with Crippen molar-refractivity contribution in [2.24, 2.45) is 0 Å². The highest BCUT2D eigenvalue weighted by Crippen LogP contribution is 2.29. The van der Waals surface area contributed by atoms with Crippen molar-refractivity contribution in [1.82, 2.24) is 19.7 Å². The monoisotopic (exact) mass is 422 g/mol. The van der Waals surface area contributed by atoms with Gasteiger partial charge >= 0.3 is 5.63 Å². The van der Waals surface area contributed by atoms with E-state index in [0.717, 1.165) is 38.6 Å². The van der Waals surface area contributed by atoms with Crippen molar-refractivity contribution >= 4 is 22.7 Å². The summed E-state index contributed by atoms with van der Waals surface area (Å²) in [5.74, 6) is 1.34. The standard InChI is InChI=1S/C22H22N4O3S/c1-14-10-18-17(12-20(27)29-19(18)11-15(14)2)13-30-22-25-24-21(26(22)8-9-28-3)16-4-6-23-7-5-16/h4-7,10-12H,8-9,13H2,1-3H3. The van der Waals surface area contributed by atoms with E-state index in [4.69, 9.17) is 9.15 Å². The highest BCUT2D eigenvalue weighted by Gasteiger charge is 2.16. The Morgan fingerprint density at radius 1 is 1.10 bits per heavy atom. The minimum Gasteiger partial charge on any atom is -0.423 e. The van der Waals surface area contributed by atoms with Crippen LogP contribution in [0.5, 0.6) is 0 Å². The zero-order valence-electron chi connectivity index (χ0n) is 17.1. The normalized spacial score (nSPS) is 11.3. The molecule has 30 heavy (non-hydrogen) atoms. The second-order valence-corrected chi connectivity index (χ2v) is 7.94. The molecule has 3 aromatic heterocycles. The zero-order valence-corrected chi connectivity index (χ0v) is 17.9. The largest absolute Gasteiger partial charge is 0.423 e. The van der Waals surface area contributed by atoms with Crippen molar-refractivity contribution < 1.29 is 9.15 Å². The molecule has 154 valence electrons. The lowest BCUT2D eigenvalue weighted by Crippen LogP contribution is -2.08. The predicted molar refractivity (Wildman–Crippen MR) is 117 cm³/mol. The van der Waals surface area contributed by atoms with Crippen LogP contribution in [0.4, 0.5) is 0 Å². The first-order valence-electron chi connectivity index (χ1n) is 9.56. The van der Waals surface area contributed by atoms with Gasteiger partial charge in [0, 0.05) is 42.3 Å². The summed E-state index contributed by atoms with van der Waals surface area (Å²) in [6.45, 7) is 5.23. The molecule has 0 fully saturated rings. The Balaban J connectivity index is 1.68. The first-order valence-corrected chi connectivity index (χ1v) is 10.5. The predicted octanol–water partition coefficient (Wildman–Crippen LogP) is 4.00. The lowest BCUT2D eigenvalue weighted by atomic mass is 10.0. The Kier molecular flexibility index (Phi) is 5.96. The molecule has 7 nitrogen and oxygen atoms in total. The Morgan fingerprint density at radius 2 is 1.87 bits per heavy atom. The number of aryl methyl sites for hydroxylation is 2. The summed E-state index contributed by atoms with van der Waals surface area (Å²) < 4.78 is 12.7. The van der Waals surface area contributed by atoms with Crippen LogP contribution in [-0.4, -0.2) is 33.5 Å². The van der Waals surface area contributed by atoms with Crippen LogP contribution < -0.4 is 5.63 Å². The molecule has 0 aliphatic carbocycles. The van der Waals surface area contributed by atoms with Crippen molar-refractivity contribution in [1.29, 1.82) is 0 Å². The van der Waals surface area contributed by atoms with Crippen LogP contribution in [-0.2, 0) is 17.0 Å². The van der Waals surface area contributed by atoms with E-state index in [2.05, 4.69) is 28.2 Å². The Bertz CT molecular complexity index is 1230. The van der Waals surface area contributed by atoms with E-state index in [9.17, 15) is 4.79 Å². The molecule has 0 aliphatic heterocycles. The molecule has 0 atom stereocenters. The van der Waals surface area contributed by atoms with Gasteiger partial charge in [-0.05, 0) is 54.8 Å². The van der Waals surface area contributed by atoms with Gasteiger partial charge < -0.3 is 9.15 Å². The van der Waals surface area contributed by atoms with Crippen LogP contribution in [0.3, 0.4) is 0 Å². The molecule has 0 radical (unpaired) electrons. The number of pyridine rings is 1. The maximum Gasteiger partial charge on any atom is 0.336 e. The van der Waals surface area contributed by atoms with Crippen LogP contribution in [0.15, 0.2) is 57.1 Å². The Morgan fingerprint density at radius 3 is 2.63 bits per heavy atom. The summed E-state index contributed by atoms with van der Waals surface area (Å²) in [6, 6.07) is 9.36. The molecule has 4 aromatic rings. The third-order valence-electron chi connectivity index (χ3n) is 4.98. The molecule has 0 amide bonds. The van der Waals surface area contributed by atoms with E-state index in [1.165, 1.54) is 11.8 Å². The molecule has 0 saturated heterocycles. The van der Waals surface area contributed by atoms with Crippen LogP contribution >= 0.6 is 11.8 Å². The summed E-state index contributed by atoms with van der Waals surface area (Å²) in [4.78, 5) is 16.1. The highest BCUT2D eigenvalue weighted by atomic mass is 32.2. The van der Waals surface area contributed by atoms with Crippen LogP contribution in [0, 0.1) is 13.8 Å². The number of rotatable bonds is 7. The molecule has 3 heterocycles. The molecular formula is C22H22N4O3S. The minimum atomic E-state index is -0.348. The van der Waals surface area contributed by atoms with E-state index in [0.29, 0.717) is 24.5 Å². The van der Waals surface area contributed by atoms with Crippen molar-refractivity contribution in [2.75, 3.05) is 13.7 Å². The number of hydrogen-bond acceptors (Lipinski definition) is 7. The van der Waals surface area contributed by atoms with Gasteiger partial charge in [-0.1, -0.05) is 11.8 Å². The molecule has 0 unspecified atom stereocenters. The number of nitrogens with zero attached hydrogens (tertiary/aromatic N) is 4. The molecule has 0 bridgehead atoms. The van der Waals surface area contributed by atoms with Gasteiger partial charge in [0.2, 0.25) is 0 Å². The number of fused-ring (bicyclic) bond motifs is 1. The fraction of sp³-hybridized carbons (Fsp3) is 0.273. The molecule has 0 N–H and O–H groups in total. The smallest absolute Gasteiger partial charge is 0.336 e. The van der Waals surface area contributed by atoms with E-state index in [1.807, 2.05) is 29.7 Å². The van der Waals surface area contributed by atoms with Crippen molar-refractivity contribution in [2.45, 2.75) is 31.3 Å². The lowest BCUT2D eigenvalue weighted by Gasteiger charge is -2.11. The van der Waals surface area contributed by atoms with Gasteiger partial charge in [-0.25, -0.2) is 4.79 Å². The van der Waals surface area contributed by atoms with Crippen LogP contribution in [0.2, 0.25) is 0 Å². The van der Waals surface area contributed by atoms with Crippen molar-refractivity contribution in [3.8, 4) is 11.4 Å². The molecule has 1 aromatic carbocycles. The molecule has 0 spiro atoms. The van der Waals surface area contributed by atoms with Crippen LogP contribution in [0.25, 0.3) is 22.4 Å². The van der Waals surface area contributed by atoms with E-state index in [-0.39, 0.29) is 5.63 Å². The van der Waals surface area contributed by atoms with Crippen LogP contribution in [0.1, 0.15) is 16.7 Å². The van der Waals surface area contributed by atoms with Gasteiger partial charge in [0.15, 0.2) is 11.0 Å². The van der Waals surface area contributed by atoms with Gasteiger partial charge in [0.1, 0.15) is 5.58 Å². The van der Waals surface area contributed by atoms with Gasteiger partial charge in [-0.15, -0.1) is 10.2 Å². The number of ether oxygens (including phenoxy) is 1. The number of aromatic nitrogens is 4. The quantitative estimate of drug-likeness (QED) is 0.329.